The number of ether oxygens (including phenoxy) is 1. The van der Waals surface area contributed by atoms with Crippen molar-refractivity contribution in [1.82, 2.24) is 24.6 Å². The number of urea groups is 1. The van der Waals surface area contributed by atoms with E-state index in [4.69, 9.17) is 0 Å². The van der Waals surface area contributed by atoms with Gasteiger partial charge in [0.15, 0.2) is 10.6 Å². The number of aromatic nitrogens is 4. The van der Waals surface area contributed by atoms with E-state index >= 15 is 0 Å². The van der Waals surface area contributed by atoms with E-state index in [9.17, 15) is 18.0 Å². The summed E-state index contributed by atoms with van der Waals surface area (Å²) in [6.45, 7) is 6.68. The van der Waals surface area contributed by atoms with Crippen molar-refractivity contribution in [3.63, 3.8) is 0 Å². The second kappa shape index (κ2) is 13.3. The number of alkyl halides is 3. The van der Waals surface area contributed by atoms with Crippen LogP contribution in [0.25, 0.3) is 22.8 Å². The third-order valence-electron chi connectivity index (χ3n) is 7.11. The van der Waals surface area contributed by atoms with Gasteiger partial charge in [0.25, 0.3) is 0 Å². The van der Waals surface area contributed by atoms with Gasteiger partial charge >= 0.3 is 12.4 Å². The smallest absolute Gasteiger partial charge is 0.406 e. The molecule has 0 saturated carbocycles. The fourth-order valence-electron chi connectivity index (χ4n) is 4.76. The first-order chi connectivity index (χ1) is 21.1. The fraction of sp³-hybridized carbons (Fsp3) is 0.250. The Kier molecular flexibility index (Phi) is 9.29. The molecule has 0 spiro atoms. The summed E-state index contributed by atoms with van der Waals surface area (Å²) in [5.41, 5.74) is 5.69. The zero-order valence-electron chi connectivity index (χ0n) is 24.4. The minimum atomic E-state index is -4.75. The fourth-order valence-corrected chi connectivity index (χ4v) is 5.63. The van der Waals surface area contributed by atoms with Gasteiger partial charge in [0.05, 0.1) is 11.4 Å². The standard InChI is InChI=1S/C32H31F3N6O2S/c1-4-23-7-5-6-8-28(23)41-22(3)19-44-31(41)38-30(42)36-18-17-21(2)24-9-11-25(12-10-24)29-37-20-40(39-29)26-13-15-27(16-14-26)43-32(33,34)35/h5-16,19-21H,4,17-18H2,1-3H3,(H,36,42)/b38-31-. The molecule has 5 rings (SSSR count). The largest absolute Gasteiger partial charge is 0.573 e. The molecule has 12 heteroatoms. The molecule has 1 N–H and O–H groups in total. The molecule has 1 unspecified atom stereocenters. The Bertz CT molecular complexity index is 1790. The number of carbonyl (C=O) groups is 1. The summed E-state index contributed by atoms with van der Waals surface area (Å²) in [5.74, 6) is 0.355. The zero-order chi connectivity index (χ0) is 31.3. The highest BCUT2D eigenvalue weighted by Crippen LogP contribution is 2.25. The van der Waals surface area contributed by atoms with E-state index in [0.29, 0.717) is 22.9 Å². The maximum atomic E-state index is 12.7. The lowest BCUT2D eigenvalue weighted by molar-refractivity contribution is -0.274. The molecular formula is C32H31F3N6O2S. The maximum Gasteiger partial charge on any atom is 0.573 e. The van der Waals surface area contributed by atoms with Crippen molar-refractivity contribution in [2.75, 3.05) is 6.54 Å². The maximum absolute atomic E-state index is 12.7. The van der Waals surface area contributed by atoms with Crippen LogP contribution in [0.2, 0.25) is 0 Å². The van der Waals surface area contributed by atoms with Gasteiger partial charge in [-0.2, -0.15) is 4.99 Å². The van der Waals surface area contributed by atoms with Crippen LogP contribution >= 0.6 is 11.3 Å². The minimum absolute atomic E-state index is 0.178. The van der Waals surface area contributed by atoms with Gasteiger partial charge in [-0.1, -0.05) is 56.3 Å². The topological polar surface area (TPSA) is 86.3 Å². The summed E-state index contributed by atoms with van der Waals surface area (Å²) in [7, 11) is 0. The van der Waals surface area contributed by atoms with Gasteiger partial charge in [0, 0.05) is 23.2 Å². The number of carbonyl (C=O) groups excluding carboxylic acids is 1. The van der Waals surface area contributed by atoms with Gasteiger partial charge in [0.2, 0.25) is 0 Å². The molecule has 0 aliphatic carbocycles. The number of aryl methyl sites for hydroxylation is 2. The Morgan fingerprint density at radius 3 is 2.50 bits per heavy atom. The molecule has 0 bridgehead atoms. The van der Waals surface area contributed by atoms with E-state index in [1.54, 1.807) is 0 Å². The number of amides is 2. The Morgan fingerprint density at radius 2 is 1.80 bits per heavy atom. The molecule has 1 atom stereocenters. The van der Waals surface area contributed by atoms with Crippen LogP contribution < -0.4 is 14.9 Å². The van der Waals surface area contributed by atoms with Crippen LogP contribution in [0.4, 0.5) is 18.0 Å². The lowest BCUT2D eigenvalue weighted by Gasteiger charge is -2.12. The summed E-state index contributed by atoms with van der Waals surface area (Å²) >= 11 is 1.44. The Morgan fingerprint density at radius 1 is 1.07 bits per heavy atom. The molecule has 2 amide bonds. The van der Waals surface area contributed by atoms with Gasteiger partial charge in [0.1, 0.15) is 12.1 Å². The highest BCUT2D eigenvalue weighted by Gasteiger charge is 2.31. The summed E-state index contributed by atoms with van der Waals surface area (Å²) in [6.07, 6.45) is -1.64. The lowest BCUT2D eigenvalue weighted by atomic mass is 9.96. The molecule has 0 radical (unpaired) electrons. The van der Waals surface area contributed by atoms with Gasteiger partial charge in [-0.15, -0.1) is 29.6 Å². The van der Waals surface area contributed by atoms with Crippen LogP contribution in [0, 0.1) is 6.92 Å². The summed E-state index contributed by atoms with van der Waals surface area (Å²) in [5, 5.41) is 9.37. The number of thiazole rings is 1. The SMILES string of the molecule is CCc1ccccc1-n1c(C)cs/c1=N\C(=O)NCCC(C)c1ccc(-c2ncn(-c3ccc(OC(F)(F)F)cc3)n2)cc1. The first kappa shape index (κ1) is 30.7. The van der Waals surface area contributed by atoms with Crippen LogP contribution in [0.1, 0.15) is 43.0 Å². The lowest BCUT2D eigenvalue weighted by Crippen LogP contribution is -2.26. The Labute approximate surface area is 256 Å². The average Bonchev–Trinajstić information content (AvgIpc) is 3.64. The van der Waals surface area contributed by atoms with E-state index in [1.165, 1.54) is 52.2 Å². The predicted octanol–water partition coefficient (Wildman–Crippen LogP) is 7.36. The van der Waals surface area contributed by atoms with Crippen LogP contribution in [0.5, 0.6) is 5.75 Å². The number of para-hydroxylation sites is 1. The number of benzene rings is 3. The van der Waals surface area contributed by atoms with E-state index in [1.807, 2.05) is 59.3 Å². The van der Waals surface area contributed by atoms with Crippen molar-refractivity contribution in [2.24, 2.45) is 4.99 Å². The van der Waals surface area contributed by atoms with Crippen LogP contribution in [0.15, 0.2) is 89.5 Å². The molecule has 44 heavy (non-hydrogen) atoms. The molecular weight excluding hydrogens is 589 g/mol. The normalized spacial score (nSPS) is 12.7. The zero-order valence-corrected chi connectivity index (χ0v) is 25.2. The van der Waals surface area contributed by atoms with E-state index in [-0.39, 0.29) is 17.7 Å². The van der Waals surface area contributed by atoms with Crippen molar-refractivity contribution < 1.29 is 22.7 Å². The molecule has 2 aromatic heterocycles. The van der Waals surface area contributed by atoms with Crippen LogP contribution in [-0.4, -0.2) is 38.3 Å². The van der Waals surface area contributed by atoms with Gasteiger partial charge in [-0.05, 0) is 67.1 Å². The van der Waals surface area contributed by atoms with Crippen molar-refractivity contribution in [3.05, 3.63) is 106 Å². The molecule has 3 aromatic carbocycles. The second-order valence-corrected chi connectivity index (χ2v) is 11.0. The number of rotatable bonds is 9. The number of nitrogens with one attached hydrogen (secondary N) is 1. The molecule has 0 saturated heterocycles. The summed E-state index contributed by atoms with van der Waals surface area (Å²) < 4.78 is 44.7. The van der Waals surface area contributed by atoms with E-state index < -0.39 is 6.36 Å². The predicted molar refractivity (Wildman–Crippen MR) is 163 cm³/mol. The second-order valence-electron chi connectivity index (χ2n) is 10.2. The number of hydrogen-bond donors (Lipinski definition) is 1. The van der Waals surface area contributed by atoms with Crippen molar-refractivity contribution in [2.45, 2.75) is 45.9 Å². The summed E-state index contributed by atoms with van der Waals surface area (Å²) in [6, 6.07) is 21.0. The number of nitrogens with zero attached hydrogens (tertiary/aromatic N) is 5. The molecule has 2 heterocycles. The molecule has 0 fully saturated rings. The first-order valence-corrected chi connectivity index (χ1v) is 15.0. The molecule has 0 aliphatic heterocycles. The molecule has 8 nitrogen and oxygen atoms in total. The third kappa shape index (κ3) is 7.43. The summed E-state index contributed by atoms with van der Waals surface area (Å²) in [4.78, 5) is 22.0. The number of hydrogen-bond acceptors (Lipinski definition) is 5. The van der Waals surface area contributed by atoms with Gasteiger partial charge in [-0.25, -0.2) is 14.5 Å². The highest BCUT2D eigenvalue weighted by atomic mass is 32.1. The third-order valence-corrected chi connectivity index (χ3v) is 8.05. The Hall–Kier alpha value is -4.71. The molecule has 228 valence electrons. The van der Waals surface area contributed by atoms with Crippen LogP contribution in [0.3, 0.4) is 0 Å². The molecule has 5 aromatic rings. The molecule has 0 aliphatic rings. The average molecular weight is 621 g/mol. The highest BCUT2D eigenvalue weighted by molar-refractivity contribution is 7.07. The number of halogens is 3. The van der Waals surface area contributed by atoms with E-state index in [0.717, 1.165) is 35.3 Å². The van der Waals surface area contributed by atoms with Gasteiger partial charge < -0.3 is 10.1 Å². The monoisotopic (exact) mass is 620 g/mol. The quantitative estimate of drug-likeness (QED) is 0.187. The Balaban J connectivity index is 1.17. The van der Waals surface area contributed by atoms with E-state index in [2.05, 4.69) is 45.0 Å². The van der Waals surface area contributed by atoms with Crippen LogP contribution in [-0.2, 0) is 6.42 Å². The van der Waals surface area contributed by atoms with Crippen molar-refractivity contribution in [3.8, 4) is 28.5 Å². The first-order valence-electron chi connectivity index (χ1n) is 14.1. The van der Waals surface area contributed by atoms with Crippen molar-refractivity contribution >= 4 is 17.4 Å². The minimum Gasteiger partial charge on any atom is -0.406 e. The van der Waals surface area contributed by atoms with Crippen molar-refractivity contribution in [1.29, 1.82) is 0 Å². The van der Waals surface area contributed by atoms with Gasteiger partial charge in [-0.3, -0.25) is 4.57 Å².